The van der Waals surface area contributed by atoms with Gasteiger partial charge in [0.25, 0.3) is 5.91 Å². The Hall–Kier alpha value is -2.31. The van der Waals surface area contributed by atoms with E-state index >= 15 is 0 Å². The lowest BCUT2D eigenvalue weighted by atomic mass is 10.2. The van der Waals surface area contributed by atoms with Gasteiger partial charge in [-0.05, 0) is 36.8 Å². The highest BCUT2D eigenvalue weighted by Gasteiger charge is 2.17. The predicted molar refractivity (Wildman–Crippen MR) is 97.6 cm³/mol. The van der Waals surface area contributed by atoms with Gasteiger partial charge in [-0.1, -0.05) is 41.9 Å². The van der Waals surface area contributed by atoms with Gasteiger partial charge in [-0.3, -0.25) is 10.1 Å². The molecule has 0 aromatic heterocycles. The molecule has 2 aromatic carbocycles. The monoisotopic (exact) mass is 364 g/mol. The van der Waals surface area contributed by atoms with Crippen molar-refractivity contribution in [3.8, 4) is 11.5 Å². The van der Waals surface area contributed by atoms with Crippen LogP contribution in [0.3, 0.4) is 0 Å². The molecular weight excluding hydrogens is 348 g/mol. The number of benzene rings is 2. The summed E-state index contributed by atoms with van der Waals surface area (Å²) in [5.74, 6) is 0.309. The van der Waals surface area contributed by atoms with Gasteiger partial charge in [0.1, 0.15) is 6.61 Å². The van der Waals surface area contributed by atoms with E-state index in [9.17, 15) is 4.79 Å². The second-order valence-electron chi connectivity index (χ2n) is 4.81. The van der Waals surface area contributed by atoms with Crippen LogP contribution in [0, 0.1) is 0 Å². The number of nitrogens with one attached hydrogen (secondary N) is 1. The minimum absolute atomic E-state index is 0.113. The SMILES string of the molecule is CCOc1cc(C(=O)NC(N)=S)cc(Cl)c1OCc1ccccc1. The first-order chi connectivity index (χ1) is 11.5. The summed E-state index contributed by atoms with van der Waals surface area (Å²) < 4.78 is 11.3. The summed E-state index contributed by atoms with van der Waals surface area (Å²) in [5.41, 5.74) is 6.59. The fourth-order valence-electron chi connectivity index (χ4n) is 2.02. The lowest BCUT2D eigenvalue weighted by Gasteiger charge is -2.15. The largest absolute Gasteiger partial charge is 0.490 e. The topological polar surface area (TPSA) is 73.6 Å². The van der Waals surface area contributed by atoms with Crippen LogP contribution in [0.25, 0.3) is 0 Å². The van der Waals surface area contributed by atoms with Gasteiger partial charge in [0, 0.05) is 5.56 Å². The van der Waals surface area contributed by atoms with Gasteiger partial charge in [0.15, 0.2) is 16.6 Å². The fraction of sp³-hybridized carbons (Fsp3) is 0.176. The zero-order valence-corrected chi connectivity index (χ0v) is 14.6. The molecule has 3 N–H and O–H groups in total. The van der Waals surface area contributed by atoms with E-state index in [0.717, 1.165) is 5.56 Å². The number of hydrogen-bond donors (Lipinski definition) is 2. The van der Waals surface area contributed by atoms with E-state index in [0.29, 0.717) is 24.7 Å². The molecule has 0 atom stereocenters. The van der Waals surface area contributed by atoms with E-state index < -0.39 is 5.91 Å². The van der Waals surface area contributed by atoms with E-state index in [2.05, 4.69) is 17.5 Å². The first-order valence-corrected chi connectivity index (χ1v) is 8.03. The number of hydrogen-bond acceptors (Lipinski definition) is 4. The Bertz CT molecular complexity index is 738. The predicted octanol–water partition coefficient (Wildman–Crippen LogP) is 3.29. The number of ether oxygens (including phenoxy) is 2. The Kier molecular flexibility index (Phi) is 6.40. The van der Waals surface area contributed by atoms with Gasteiger partial charge >= 0.3 is 0 Å². The molecule has 1 amide bonds. The van der Waals surface area contributed by atoms with Crippen LogP contribution in [-0.4, -0.2) is 17.6 Å². The molecule has 24 heavy (non-hydrogen) atoms. The Morgan fingerprint density at radius 1 is 1.25 bits per heavy atom. The van der Waals surface area contributed by atoms with Gasteiger partial charge in [-0.25, -0.2) is 0 Å². The van der Waals surface area contributed by atoms with Crippen LogP contribution in [0.4, 0.5) is 0 Å². The maximum absolute atomic E-state index is 12.0. The number of rotatable bonds is 6. The first kappa shape index (κ1) is 18.0. The van der Waals surface area contributed by atoms with Gasteiger partial charge < -0.3 is 15.2 Å². The molecular formula is C17H17ClN2O3S. The maximum Gasteiger partial charge on any atom is 0.257 e. The van der Waals surface area contributed by atoms with Crippen molar-refractivity contribution < 1.29 is 14.3 Å². The van der Waals surface area contributed by atoms with Crippen molar-refractivity contribution >= 4 is 34.8 Å². The average Bonchev–Trinajstić information content (AvgIpc) is 2.54. The fourth-order valence-corrected chi connectivity index (χ4v) is 2.37. The number of carbonyl (C=O) groups is 1. The summed E-state index contributed by atoms with van der Waals surface area (Å²) in [5, 5.41) is 2.50. The summed E-state index contributed by atoms with van der Waals surface area (Å²) in [6.45, 7) is 2.56. The van der Waals surface area contributed by atoms with Crippen molar-refractivity contribution in [1.82, 2.24) is 5.32 Å². The molecule has 7 heteroatoms. The Morgan fingerprint density at radius 3 is 2.58 bits per heavy atom. The Morgan fingerprint density at radius 2 is 1.96 bits per heavy atom. The standard InChI is InChI=1S/C17H17ClN2O3S/c1-2-22-14-9-12(16(21)20-17(19)24)8-13(18)15(14)23-10-11-6-4-3-5-7-11/h3-9H,2,10H2,1H3,(H3,19,20,21,24). The molecule has 0 spiro atoms. The smallest absolute Gasteiger partial charge is 0.257 e. The molecule has 2 rings (SSSR count). The third-order valence-corrected chi connectivity index (χ3v) is 3.42. The molecule has 0 radical (unpaired) electrons. The number of amides is 1. The van der Waals surface area contributed by atoms with E-state index in [4.69, 9.17) is 26.8 Å². The number of halogens is 1. The van der Waals surface area contributed by atoms with Crippen LogP contribution in [0.5, 0.6) is 11.5 Å². The molecule has 0 heterocycles. The lowest BCUT2D eigenvalue weighted by molar-refractivity contribution is 0.0977. The number of carbonyl (C=O) groups excluding carboxylic acids is 1. The molecule has 0 saturated carbocycles. The molecule has 0 aliphatic rings. The first-order valence-electron chi connectivity index (χ1n) is 7.25. The molecule has 0 unspecified atom stereocenters. The van der Waals surface area contributed by atoms with Gasteiger partial charge in [-0.2, -0.15) is 0 Å². The normalized spacial score (nSPS) is 10.1. The zero-order valence-electron chi connectivity index (χ0n) is 13.0. The quantitative estimate of drug-likeness (QED) is 0.769. The maximum atomic E-state index is 12.0. The highest BCUT2D eigenvalue weighted by Crippen LogP contribution is 2.37. The van der Waals surface area contributed by atoms with Crippen LogP contribution >= 0.6 is 23.8 Å². The summed E-state index contributed by atoms with van der Waals surface area (Å²) in [7, 11) is 0. The van der Waals surface area contributed by atoms with Gasteiger partial charge in [0.05, 0.1) is 11.6 Å². The minimum atomic E-state index is -0.458. The Labute approximate surface area is 150 Å². The summed E-state index contributed by atoms with van der Waals surface area (Å²) in [6, 6.07) is 12.7. The van der Waals surface area contributed by atoms with Crippen molar-refractivity contribution in [3.63, 3.8) is 0 Å². The van der Waals surface area contributed by atoms with E-state index in [1.165, 1.54) is 6.07 Å². The number of thiocarbonyl (C=S) groups is 1. The minimum Gasteiger partial charge on any atom is -0.490 e. The van der Waals surface area contributed by atoms with Crippen molar-refractivity contribution in [2.24, 2.45) is 5.73 Å². The molecule has 2 aromatic rings. The molecule has 5 nitrogen and oxygen atoms in total. The summed E-state index contributed by atoms with van der Waals surface area (Å²) in [4.78, 5) is 12.0. The number of nitrogens with two attached hydrogens (primary N) is 1. The van der Waals surface area contributed by atoms with E-state index in [1.54, 1.807) is 6.07 Å². The molecule has 0 bridgehead atoms. The second-order valence-corrected chi connectivity index (χ2v) is 5.66. The summed E-state index contributed by atoms with van der Waals surface area (Å²) >= 11 is 10.9. The van der Waals surface area contributed by atoms with E-state index in [-0.39, 0.29) is 15.7 Å². The molecule has 0 fully saturated rings. The van der Waals surface area contributed by atoms with Crippen molar-refractivity contribution in [1.29, 1.82) is 0 Å². The Balaban J connectivity index is 2.26. The molecule has 126 valence electrons. The third-order valence-electron chi connectivity index (χ3n) is 3.03. The van der Waals surface area contributed by atoms with Crippen LogP contribution in [0.1, 0.15) is 22.8 Å². The molecule has 0 aliphatic carbocycles. The third kappa shape index (κ3) is 4.84. The zero-order chi connectivity index (χ0) is 17.5. The summed E-state index contributed by atoms with van der Waals surface area (Å²) in [6.07, 6.45) is 0. The second kappa shape index (κ2) is 8.52. The van der Waals surface area contributed by atoms with Crippen molar-refractivity contribution in [2.75, 3.05) is 6.61 Å². The van der Waals surface area contributed by atoms with Crippen LogP contribution in [0.15, 0.2) is 42.5 Å². The molecule has 0 aliphatic heterocycles. The van der Waals surface area contributed by atoms with Crippen LogP contribution < -0.4 is 20.5 Å². The van der Waals surface area contributed by atoms with Gasteiger partial charge in [0.2, 0.25) is 0 Å². The lowest BCUT2D eigenvalue weighted by Crippen LogP contribution is -2.34. The highest BCUT2D eigenvalue weighted by molar-refractivity contribution is 7.80. The van der Waals surface area contributed by atoms with Crippen molar-refractivity contribution in [3.05, 3.63) is 58.6 Å². The average molecular weight is 365 g/mol. The van der Waals surface area contributed by atoms with Crippen LogP contribution in [0.2, 0.25) is 5.02 Å². The highest BCUT2D eigenvalue weighted by atomic mass is 35.5. The van der Waals surface area contributed by atoms with Crippen LogP contribution in [-0.2, 0) is 6.61 Å². The molecule has 0 saturated heterocycles. The van der Waals surface area contributed by atoms with E-state index in [1.807, 2.05) is 37.3 Å². The van der Waals surface area contributed by atoms with Crippen molar-refractivity contribution in [2.45, 2.75) is 13.5 Å². The van der Waals surface area contributed by atoms with Gasteiger partial charge in [-0.15, -0.1) is 0 Å².